The number of nitrogens with zero attached hydrogens (tertiary/aromatic N) is 2. The van der Waals surface area contributed by atoms with Gasteiger partial charge in [-0.05, 0) is 37.1 Å². The van der Waals surface area contributed by atoms with Crippen molar-refractivity contribution < 1.29 is 9.18 Å². The van der Waals surface area contributed by atoms with Crippen LogP contribution in [-0.4, -0.2) is 49.6 Å². The summed E-state index contributed by atoms with van der Waals surface area (Å²) < 4.78 is 13.0. The number of carbonyl (C=O) groups excluding carboxylic acids is 1. The minimum atomic E-state index is -0.217. The van der Waals surface area contributed by atoms with Crippen LogP contribution in [-0.2, 0) is 4.79 Å². The number of amides is 1. The van der Waals surface area contributed by atoms with E-state index in [-0.39, 0.29) is 17.8 Å². The molecule has 6 heteroatoms. The fourth-order valence-corrected chi connectivity index (χ4v) is 2.94. The van der Waals surface area contributed by atoms with Crippen LogP contribution in [0.15, 0.2) is 24.3 Å². The van der Waals surface area contributed by atoms with Crippen molar-refractivity contribution in [1.82, 2.24) is 15.8 Å². The third-order valence-corrected chi connectivity index (χ3v) is 4.13. The Kier molecular flexibility index (Phi) is 4.36. The fourth-order valence-electron chi connectivity index (χ4n) is 2.94. The van der Waals surface area contributed by atoms with Crippen LogP contribution in [0.3, 0.4) is 0 Å². The summed E-state index contributed by atoms with van der Waals surface area (Å²) in [4.78, 5) is 16.6. The number of hydrogen-bond donors (Lipinski definition) is 2. The minimum Gasteiger partial charge on any atom is -0.370 e. The van der Waals surface area contributed by atoms with Crippen molar-refractivity contribution >= 4 is 11.6 Å². The molecule has 0 bridgehead atoms. The molecule has 1 amide bonds. The zero-order valence-corrected chi connectivity index (χ0v) is 12.0. The summed E-state index contributed by atoms with van der Waals surface area (Å²) in [5.74, 6) is -0.0360. The molecule has 2 aliphatic rings. The second-order valence-electron chi connectivity index (χ2n) is 5.55. The van der Waals surface area contributed by atoms with Crippen LogP contribution in [0.25, 0.3) is 0 Å². The van der Waals surface area contributed by atoms with E-state index in [1.54, 1.807) is 12.1 Å². The Hall–Kier alpha value is -1.66. The van der Waals surface area contributed by atoms with E-state index in [1.165, 1.54) is 12.1 Å². The molecule has 1 aromatic carbocycles. The number of anilines is 1. The Morgan fingerprint density at radius 3 is 2.67 bits per heavy atom. The molecule has 3 rings (SSSR count). The van der Waals surface area contributed by atoms with Crippen LogP contribution in [0, 0.1) is 5.82 Å². The molecule has 0 aliphatic carbocycles. The molecule has 0 aromatic heterocycles. The lowest BCUT2D eigenvalue weighted by atomic mass is 10.2. The van der Waals surface area contributed by atoms with Crippen LogP contribution in [0.1, 0.15) is 12.8 Å². The average molecular weight is 292 g/mol. The molecule has 2 fully saturated rings. The SMILES string of the molecule is O=C(C1CCNN1)N1CCCN(c2ccc(F)cc2)CC1. The van der Waals surface area contributed by atoms with Gasteiger partial charge in [0, 0.05) is 38.4 Å². The molecule has 1 atom stereocenters. The van der Waals surface area contributed by atoms with E-state index < -0.39 is 0 Å². The van der Waals surface area contributed by atoms with E-state index in [0.29, 0.717) is 6.54 Å². The zero-order valence-electron chi connectivity index (χ0n) is 12.0. The van der Waals surface area contributed by atoms with Crippen LogP contribution in [0.5, 0.6) is 0 Å². The van der Waals surface area contributed by atoms with Gasteiger partial charge in [-0.15, -0.1) is 0 Å². The Morgan fingerprint density at radius 1 is 1.14 bits per heavy atom. The van der Waals surface area contributed by atoms with E-state index in [4.69, 9.17) is 0 Å². The minimum absolute atomic E-state index is 0.0950. The molecule has 114 valence electrons. The van der Waals surface area contributed by atoms with Crippen LogP contribution in [0.4, 0.5) is 10.1 Å². The Labute approximate surface area is 124 Å². The van der Waals surface area contributed by atoms with Crippen LogP contribution >= 0.6 is 0 Å². The quantitative estimate of drug-likeness (QED) is 0.844. The number of benzene rings is 1. The highest BCUT2D eigenvalue weighted by Gasteiger charge is 2.28. The van der Waals surface area contributed by atoms with E-state index >= 15 is 0 Å². The first-order chi connectivity index (χ1) is 10.2. The summed E-state index contributed by atoms with van der Waals surface area (Å²) in [5.41, 5.74) is 7.05. The summed E-state index contributed by atoms with van der Waals surface area (Å²) in [6, 6.07) is 6.47. The van der Waals surface area contributed by atoms with E-state index in [2.05, 4.69) is 15.8 Å². The zero-order chi connectivity index (χ0) is 14.7. The number of halogens is 1. The molecule has 5 nitrogen and oxygen atoms in total. The van der Waals surface area contributed by atoms with Gasteiger partial charge < -0.3 is 9.80 Å². The summed E-state index contributed by atoms with van der Waals surface area (Å²) in [6.07, 6.45) is 1.78. The molecule has 2 heterocycles. The lowest BCUT2D eigenvalue weighted by Gasteiger charge is -2.25. The first-order valence-electron chi connectivity index (χ1n) is 7.52. The van der Waals surface area contributed by atoms with Crippen molar-refractivity contribution in [2.45, 2.75) is 18.9 Å². The summed E-state index contributed by atoms with van der Waals surface area (Å²) >= 11 is 0. The van der Waals surface area contributed by atoms with Gasteiger partial charge in [0.05, 0.1) is 0 Å². The first kappa shape index (κ1) is 14.3. The summed E-state index contributed by atoms with van der Waals surface area (Å²) in [7, 11) is 0. The predicted octanol–water partition coefficient (Wildman–Crippen LogP) is 0.731. The van der Waals surface area contributed by atoms with E-state index in [0.717, 1.165) is 44.7 Å². The highest BCUT2D eigenvalue weighted by atomic mass is 19.1. The third-order valence-electron chi connectivity index (χ3n) is 4.13. The smallest absolute Gasteiger partial charge is 0.241 e. The van der Waals surface area contributed by atoms with Crippen LogP contribution in [0.2, 0.25) is 0 Å². The largest absolute Gasteiger partial charge is 0.370 e. The van der Waals surface area contributed by atoms with Crippen molar-refractivity contribution in [3.63, 3.8) is 0 Å². The molecular formula is C15H21FN4O. The lowest BCUT2D eigenvalue weighted by Crippen LogP contribution is -2.46. The number of rotatable bonds is 2. The topological polar surface area (TPSA) is 47.6 Å². The van der Waals surface area contributed by atoms with Crippen molar-refractivity contribution in [1.29, 1.82) is 0 Å². The normalized spacial score (nSPS) is 23.2. The van der Waals surface area contributed by atoms with Gasteiger partial charge >= 0.3 is 0 Å². The van der Waals surface area contributed by atoms with Gasteiger partial charge in [-0.1, -0.05) is 0 Å². The van der Waals surface area contributed by atoms with Crippen molar-refractivity contribution in [2.75, 3.05) is 37.6 Å². The van der Waals surface area contributed by atoms with E-state index in [1.807, 2.05) is 4.90 Å². The Balaban J connectivity index is 1.61. The molecule has 2 saturated heterocycles. The lowest BCUT2D eigenvalue weighted by molar-refractivity contribution is -0.132. The predicted molar refractivity (Wildman–Crippen MR) is 79.4 cm³/mol. The number of nitrogens with one attached hydrogen (secondary N) is 2. The average Bonchev–Trinajstić information content (AvgIpc) is 2.92. The van der Waals surface area contributed by atoms with Crippen molar-refractivity contribution in [3.05, 3.63) is 30.1 Å². The molecule has 1 aromatic rings. The fraction of sp³-hybridized carbons (Fsp3) is 0.533. The summed E-state index contributed by atoms with van der Waals surface area (Å²) in [5, 5.41) is 0. The standard InChI is InChI=1S/C15H21FN4O/c16-12-2-4-13(5-3-12)19-8-1-9-20(11-10-19)15(21)14-6-7-17-18-14/h2-5,14,17-18H,1,6-11H2. The van der Waals surface area contributed by atoms with Gasteiger partial charge in [0.1, 0.15) is 11.9 Å². The maximum atomic E-state index is 13.0. The Bertz CT molecular complexity index is 487. The monoisotopic (exact) mass is 292 g/mol. The molecule has 0 radical (unpaired) electrons. The molecule has 21 heavy (non-hydrogen) atoms. The summed E-state index contributed by atoms with van der Waals surface area (Å²) in [6.45, 7) is 4.03. The molecule has 2 N–H and O–H groups in total. The number of hydrazine groups is 1. The second kappa shape index (κ2) is 6.41. The van der Waals surface area contributed by atoms with Gasteiger partial charge in [0.25, 0.3) is 0 Å². The molecular weight excluding hydrogens is 271 g/mol. The number of hydrogen-bond acceptors (Lipinski definition) is 4. The van der Waals surface area contributed by atoms with E-state index in [9.17, 15) is 9.18 Å². The molecule has 0 saturated carbocycles. The van der Waals surface area contributed by atoms with Crippen molar-refractivity contribution in [2.24, 2.45) is 0 Å². The van der Waals surface area contributed by atoms with Gasteiger partial charge in [-0.3, -0.25) is 10.2 Å². The first-order valence-corrected chi connectivity index (χ1v) is 7.52. The molecule has 2 aliphatic heterocycles. The van der Waals surface area contributed by atoms with Crippen molar-refractivity contribution in [3.8, 4) is 0 Å². The Morgan fingerprint density at radius 2 is 1.95 bits per heavy atom. The maximum Gasteiger partial charge on any atom is 0.241 e. The number of carbonyl (C=O) groups is 1. The third kappa shape index (κ3) is 3.33. The highest BCUT2D eigenvalue weighted by molar-refractivity contribution is 5.82. The molecule has 1 unspecified atom stereocenters. The van der Waals surface area contributed by atoms with Gasteiger partial charge in [-0.2, -0.15) is 0 Å². The van der Waals surface area contributed by atoms with Gasteiger partial charge in [0.2, 0.25) is 5.91 Å². The van der Waals surface area contributed by atoms with Gasteiger partial charge in [0.15, 0.2) is 0 Å². The maximum absolute atomic E-state index is 13.0. The molecule has 0 spiro atoms. The highest BCUT2D eigenvalue weighted by Crippen LogP contribution is 2.17. The van der Waals surface area contributed by atoms with Crippen LogP contribution < -0.4 is 15.8 Å². The second-order valence-corrected chi connectivity index (χ2v) is 5.55. The van der Waals surface area contributed by atoms with Gasteiger partial charge in [-0.25, -0.2) is 9.82 Å².